The summed E-state index contributed by atoms with van der Waals surface area (Å²) in [4.78, 5) is 2.34. The molecule has 0 amide bonds. The maximum absolute atomic E-state index is 5.92. The Morgan fingerprint density at radius 2 is 1.23 bits per heavy atom. The Bertz CT molecular complexity index is 1520. The van der Waals surface area contributed by atoms with E-state index in [2.05, 4.69) is 147 Å². The van der Waals surface area contributed by atoms with E-state index in [9.17, 15) is 0 Å². The van der Waals surface area contributed by atoms with Gasteiger partial charge in [0.15, 0.2) is 0 Å². The predicted octanol–water partition coefficient (Wildman–Crippen LogP) is 10.2. The number of aryl methyl sites for hydroxylation is 3. The number of ether oxygens (including phenoxy) is 1. The summed E-state index contributed by atoms with van der Waals surface area (Å²) in [6, 6.07) is 43.4. The fourth-order valence-electron chi connectivity index (χ4n) is 4.88. The third-order valence-electron chi connectivity index (χ3n) is 7.41. The van der Waals surface area contributed by atoms with Gasteiger partial charge in [0.2, 0.25) is 0 Å². The molecular formula is C38H37NO. The van der Waals surface area contributed by atoms with Gasteiger partial charge in [-0.1, -0.05) is 97.6 Å². The first-order chi connectivity index (χ1) is 19.6. The third kappa shape index (κ3) is 6.77. The van der Waals surface area contributed by atoms with Crippen LogP contribution in [0, 0.1) is 13.8 Å². The molecule has 2 nitrogen and oxygen atoms in total. The second kappa shape index (κ2) is 13.1. The molecule has 0 unspecified atom stereocenters. The number of nitrogens with zero attached hydrogens (tertiary/aromatic N) is 1. The van der Waals surface area contributed by atoms with E-state index in [0.29, 0.717) is 6.61 Å². The topological polar surface area (TPSA) is 12.5 Å². The molecule has 0 spiro atoms. The van der Waals surface area contributed by atoms with Crippen molar-refractivity contribution in [1.29, 1.82) is 0 Å². The number of benzene rings is 5. The summed E-state index contributed by atoms with van der Waals surface area (Å²) in [6.45, 7) is 9.53. The van der Waals surface area contributed by atoms with Gasteiger partial charge in [-0.25, -0.2) is 0 Å². The summed E-state index contributed by atoms with van der Waals surface area (Å²) in [5.74, 6) is 0. The van der Waals surface area contributed by atoms with Gasteiger partial charge >= 0.3 is 0 Å². The molecule has 0 aliphatic carbocycles. The zero-order chi connectivity index (χ0) is 27.7. The standard InChI is InChI=1S/C38H37NO/c1-4-31-13-15-33(16-14-31)28-40-26-8-9-32-17-22-36(23-18-32)39(38-21-12-29(2)30(3)27-38)37-24-19-35(20-25-37)34-10-6-5-7-11-34/h4-7,10-25,27H,1,8-9,26,28H2,2-3H3. The molecular weight excluding hydrogens is 486 g/mol. The SMILES string of the molecule is C=Cc1ccc(COCCCc2ccc(N(c3ccc(-c4ccccc4)cc3)c3ccc(C)c(C)c3)cc2)cc1. The Morgan fingerprint density at radius 1 is 0.625 bits per heavy atom. The van der Waals surface area contributed by atoms with E-state index in [1.54, 1.807) is 0 Å². The molecule has 5 rings (SSSR count). The molecule has 0 radical (unpaired) electrons. The molecule has 0 N–H and O–H groups in total. The summed E-state index contributed by atoms with van der Waals surface area (Å²) in [5, 5.41) is 0. The van der Waals surface area contributed by atoms with Crippen LogP contribution in [-0.2, 0) is 17.8 Å². The summed E-state index contributed by atoms with van der Waals surface area (Å²) in [5.41, 5.74) is 12.1. The highest BCUT2D eigenvalue weighted by atomic mass is 16.5. The van der Waals surface area contributed by atoms with Gasteiger partial charge in [0.25, 0.3) is 0 Å². The van der Waals surface area contributed by atoms with Crippen molar-refractivity contribution in [1.82, 2.24) is 0 Å². The molecule has 0 aliphatic rings. The van der Waals surface area contributed by atoms with Gasteiger partial charge in [0, 0.05) is 23.7 Å². The number of hydrogen-bond acceptors (Lipinski definition) is 2. The third-order valence-corrected chi connectivity index (χ3v) is 7.41. The van der Waals surface area contributed by atoms with Crippen LogP contribution >= 0.6 is 0 Å². The van der Waals surface area contributed by atoms with Crippen LogP contribution in [0.2, 0.25) is 0 Å². The van der Waals surface area contributed by atoms with Crippen LogP contribution in [0.3, 0.4) is 0 Å². The van der Waals surface area contributed by atoms with E-state index in [-0.39, 0.29) is 0 Å². The fraction of sp³-hybridized carbons (Fsp3) is 0.158. The van der Waals surface area contributed by atoms with E-state index in [4.69, 9.17) is 4.74 Å². The molecule has 0 aliphatic heterocycles. The van der Waals surface area contributed by atoms with Crippen molar-refractivity contribution in [2.24, 2.45) is 0 Å². The molecule has 0 bridgehead atoms. The van der Waals surface area contributed by atoms with Crippen LogP contribution < -0.4 is 4.90 Å². The van der Waals surface area contributed by atoms with Crippen molar-refractivity contribution in [2.45, 2.75) is 33.3 Å². The minimum atomic E-state index is 0.643. The van der Waals surface area contributed by atoms with E-state index in [0.717, 1.165) is 42.1 Å². The highest BCUT2D eigenvalue weighted by Crippen LogP contribution is 2.36. The molecule has 0 saturated heterocycles. The summed E-state index contributed by atoms with van der Waals surface area (Å²) in [6.07, 6.45) is 3.84. The molecule has 0 heterocycles. The first kappa shape index (κ1) is 27.2. The monoisotopic (exact) mass is 523 g/mol. The van der Waals surface area contributed by atoms with Crippen LogP contribution in [0.5, 0.6) is 0 Å². The molecule has 0 aromatic heterocycles. The Balaban J connectivity index is 1.27. The number of hydrogen-bond donors (Lipinski definition) is 0. The van der Waals surface area contributed by atoms with Crippen LogP contribution in [-0.4, -0.2) is 6.61 Å². The van der Waals surface area contributed by atoms with Crippen molar-refractivity contribution in [2.75, 3.05) is 11.5 Å². The lowest BCUT2D eigenvalue weighted by Gasteiger charge is -2.26. The van der Waals surface area contributed by atoms with Crippen molar-refractivity contribution < 1.29 is 4.74 Å². The van der Waals surface area contributed by atoms with E-state index in [1.165, 1.54) is 33.4 Å². The molecule has 0 saturated carbocycles. The normalized spacial score (nSPS) is 10.8. The maximum Gasteiger partial charge on any atom is 0.0716 e. The first-order valence-electron chi connectivity index (χ1n) is 14.0. The predicted molar refractivity (Wildman–Crippen MR) is 171 cm³/mol. The average Bonchev–Trinajstić information content (AvgIpc) is 3.01. The van der Waals surface area contributed by atoms with Crippen LogP contribution in [0.4, 0.5) is 17.1 Å². The molecule has 0 atom stereocenters. The van der Waals surface area contributed by atoms with Gasteiger partial charge in [-0.2, -0.15) is 0 Å². The maximum atomic E-state index is 5.92. The van der Waals surface area contributed by atoms with Gasteiger partial charge in [-0.3, -0.25) is 0 Å². The largest absolute Gasteiger partial charge is 0.377 e. The molecule has 0 fully saturated rings. The summed E-state index contributed by atoms with van der Waals surface area (Å²) >= 11 is 0. The zero-order valence-corrected chi connectivity index (χ0v) is 23.5. The lowest BCUT2D eigenvalue weighted by Crippen LogP contribution is -2.10. The summed E-state index contributed by atoms with van der Waals surface area (Å²) in [7, 11) is 0. The molecule has 5 aromatic rings. The van der Waals surface area contributed by atoms with E-state index < -0.39 is 0 Å². The lowest BCUT2D eigenvalue weighted by molar-refractivity contribution is 0.118. The highest BCUT2D eigenvalue weighted by molar-refractivity contribution is 5.78. The van der Waals surface area contributed by atoms with Crippen molar-refractivity contribution in [3.05, 3.63) is 156 Å². The van der Waals surface area contributed by atoms with Gasteiger partial charge < -0.3 is 9.64 Å². The van der Waals surface area contributed by atoms with Gasteiger partial charge in [-0.05, 0) is 102 Å². The lowest BCUT2D eigenvalue weighted by atomic mass is 10.0. The van der Waals surface area contributed by atoms with Gasteiger partial charge in [0.05, 0.1) is 6.61 Å². The van der Waals surface area contributed by atoms with E-state index >= 15 is 0 Å². The Morgan fingerprint density at radius 3 is 1.88 bits per heavy atom. The Hall–Kier alpha value is -4.40. The van der Waals surface area contributed by atoms with Gasteiger partial charge in [-0.15, -0.1) is 0 Å². The highest BCUT2D eigenvalue weighted by Gasteiger charge is 2.14. The minimum absolute atomic E-state index is 0.643. The number of anilines is 3. The van der Waals surface area contributed by atoms with Crippen molar-refractivity contribution in [3.63, 3.8) is 0 Å². The smallest absolute Gasteiger partial charge is 0.0716 e. The summed E-state index contributed by atoms with van der Waals surface area (Å²) < 4.78 is 5.92. The van der Waals surface area contributed by atoms with Crippen LogP contribution in [0.1, 0.15) is 34.2 Å². The second-order valence-electron chi connectivity index (χ2n) is 10.3. The molecule has 200 valence electrons. The minimum Gasteiger partial charge on any atom is -0.377 e. The second-order valence-corrected chi connectivity index (χ2v) is 10.3. The Kier molecular flexibility index (Phi) is 8.90. The zero-order valence-electron chi connectivity index (χ0n) is 23.5. The number of rotatable bonds is 11. The van der Waals surface area contributed by atoms with Crippen molar-refractivity contribution >= 4 is 23.1 Å². The van der Waals surface area contributed by atoms with Gasteiger partial charge in [0.1, 0.15) is 0 Å². The van der Waals surface area contributed by atoms with Crippen LogP contribution in [0.25, 0.3) is 17.2 Å². The molecule has 40 heavy (non-hydrogen) atoms. The molecule has 2 heteroatoms. The molecule has 5 aromatic carbocycles. The van der Waals surface area contributed by atoms with Crippen LogP contribution in [0.15, 0.2) is 128 Å². The first-order valence-corrected chi connectivity index (χ1v) is 14.0. The quantitative estimate of drug-likeness (QED) is 0.160. The average molecular weight is 524 g/mol. The van der Waals surface area contributed by atoms with Crippen molar-refractivity contribution in [3.8, 4) is 11.1 Å². The fourth-order valence-corrected chi connectivity index (χ4v) is 4.88. The Labute approximate surface area is 239 Å². The van der Waals surface area contributed by atoms with E-state index in [1.807, 2.05) is 6.08 Å².